The Kier molecular flexibility index (Phi) is 4.92. The van der Waals surface area contributed by atoms with E-state index >= 15 is 0 Å². The summed E-state index contributed by atoms with van der Waals surface area (Å²) in [4.78, 5) is 30.9. The van der Waals surface area contributed by atoms with E-state index in [9.17, 15) is 24.1 Å². The molecule has 0 bridgehead atoms. The second-order valence-electron chi connectivity index (χ2n) is 3.53. The minimum Gasteiger partial charge on any atom is -0.489 e. The molecule has 0 saturated carbocycles. The van der Waals surface area contributed by atoms with Crippen LogP contribution in [-0.2, 0) is 4.79 Å². The first-order chi connectivity index (χ1) is 8.97. The largest absolute Gasteiger partial charge is 0.489 e. The fraction of sp³-hybridized carbons (Fsp3) is 0.273. The average molecular weight is 271 g/mol. The van der Waals surface area contributed by atoms with E-state index in [1.165, 1.54) is 0 Å². The van der Waals surface area contributed by atoms with Crippen molar-refractivity contribution in [3.05, 3.63) is 33.6 Å². The number of nitro benzene ring substituents is 1. The number of carbonyl (C=O) groups excluding carboxylic acids is 1. The predicted octanol–water partition coefficient (Wildman–Crippen LogP) is 1.79. The summed E-state index contributed by atoms with van der Waals surface area (Å²) in [5.41, 5.74) is -1.06. The number of hydrogen-bond acceptors (Lipinski definition) is 5. The molecule has 0 heterocycles. The van der Waals surface area contributed by atoms with Crippen molar-refractivity contribution in [1.29, 1.82) is 0 Å². The number of carboxylic acids is 1. The summed E-state index contributed by atoms with van der Waals surface area (Å²) in [6.45, 7) is -0.161. The third-order valence-electron chi connectivity index (χ3n) is 2.22. The molecule has 0 atom stereocenters. The summed E-state index contributed by atoms with van der Waals surface area (Å²) < 4.78 is 18.4. The summed E-state index contributed by atoms with van der Waals surface area (Å²) in [7, 11) is 0. The molecule has 1 aromatic carbocycles. The molecule has 7 nitrogen and oxygen atoms in total. The van der Waals surface area contributed by atoms with E-state index in [1.54, 1.807) is 0 Å². The van der Waals surface area contributed by atoms with Gasteiger partial charge in [0.05, 0.1) is 11.5 Å². The van der Waals surface area contributed by atoms with Gasteiger partial charge in [0.1, 0.15) is 5.56 Å². The Morgan fingerprint density at radius 1 is 1.53 bits per heavy atom. The first-order valence-corrected chi connectivity index (χ1v) is 5.24. The number of carbonyl (C=O) groups is 2. The average Bonchev–Trinajstić information content (AvgIpc) is 2.34. The van der Waals surface area contributed by atoms with Gasteiger partial charge in [-0.15, -0.1) is 0 Å². The highest BCUT2D eigenvalue weighted by atomic mass is 19.1. The molecule has 0 aromatic heterocycles. The first-order valence-electron chi connectivity index (χ1n) is 5.24. The van der Waals surface area contributed by atoms with Crippen LogP contribution in [0.25, 0.3) is 0 Å². The van der Waals surface area contributed by atoms with E-state index in [0.29, 0.717) is 0 Å². The zero-order valence-corrected chi connectivity index (χ0v) is 9.67. The van der Waals surface area contributed by atoms with E-state index in [1.807, 2.05) is 0 Å². The third-order valence-corrected chi connectivity index (χ3v) is 2.22. The smallest absolute Gasteiger partial charge is 0.303 e. The quantitative estimate of drug-likeness (QED) is 0.350. The molecular formula is C11H10FNO6. The highest BCUT2D eigenvalue weighted by molar-refractivity contribution is 5.85. The molecule has 0 fully saturated rings. The Hall–Kier alpha value is -2.51. The van der Waals surface area contributed by atoms with Crippen LogP contribution in [-0.4, -0.2) is 28.9 Å². The van der Waals surface area contributed by atoms with E-state index in [4.69, 9.17) is 9.84 Å². The van der Waals surface area contributed by atoms with Crippen LogP contribution in [0.4, 0.5) is 10.1 Å². The molecule has 0 aliphatic carbocycles. The number of halogens is 1. The minimum atomic E-state index is -1.04. The van der Waals surface area contributed by atoms with E-state index in [2.05, 4.69) is 0 Å². The maximum Gasteiger partial charge on any atom is 0.303 e. The van der Waals surface area contributed by atoms with Crippen LogP contribution in [0.2, 0.25) is 0 Å². The zero-order valence-electron chi connectivity index (χ0n) is 9.67. The Balaban J connectivity index is 2.92. The number of rotatable bonds is 7. The number of benzene rings is 1. The number of ether oxygens (including phenoxy) is 1. The van der Waals surface area contributed by atoms with Crippen LogP contribution in [0.15, 0.2) is 12.1 Å². The Labute approximate surface area is 106 Å². The van der Waals surface area contributed by atoms with E-state index < -0.39 is 33.7 Å². The van der Waals surface area contributed by atoms with Crippen LogP contribution < -0.4 is 4.74 Å². The van der Waals surface area contributed by atoms with Crippen molar-refractivity contribution in [2.24, 2.45) is 0 Å². The lowest BCUT2D eigenvalue weighted by Gasteiger charge is -2.08. The summed E-state index contributed by atoms with van der Waals surface area (Å²) in [5.74, 6) is -2.49. The molecule has 102 valence electrons. The molecule has 0 radical (unpaired) electrons. The molecule has 0 saturated heterocycles. The second-order valence-corrected chi connectivity index (χ2v) is 3.53. The molecule has 0 unspecified atom stereocenters. The Bertz CT molecular complexity index is 516. The topological polar surface area (TPSA) is 107 Å². The van der Waals surface area contributed by atoms with Crippen LogP contribution in [0.3, 0.4) is 0 Å². The lowest BCUT2D eigenvalue weighted by atomic mass is 10.1. The summed E-state index contributed by atoms with van der Waals surface area (Å²) in [6.07, 6.45) is 0.0382. The Morgan fingerprint density at radius 3 is 2.74 bits per heavy atom. The van der Waals surface area contributed by atoms with Gasteiger partial charge in [0, 0.05) is 12.5 Å². The van der Waals surface area contributed by atoms with Crippen molar-refractivity contribution < 1.29 is 28.7 Å². The number of aliphatic carboxylic acids is 1. The minimum absolute atomic E-state index is 0.0930. The molecule has 0 spiro atoms. The van der Waals surface area contributed by atoms with Gasteiger partial charge in [-0.25, -0.2) is 4.39 Å². The van der Waals surface area contributed by atoms with Crippen molar-refractivity contribution in [1.82, 2.24) is 0 Å². The van der Waals surface area contributed by atoms with Crippen molar-refractivity contribution in [2.75, 3.05) is 6.61 Å². The van der Waals surface area contributed by atoms with Gasteiger partial charge in [0.25, 0.3) is 5.69 Å². The number of hydrogen-bond donors (Lipinski definition) is 1. The normalized spacial score (nSPS) is 9.95. The molecule has 1 rings (SSSR count). The van der Waals surface area contributed by atoms with Gasteiger partial charge in [-0.3, -0.25) is 19.7 Å². The van der Waals surface area contributed by atoms with Gasteiger partial charge in [-0.1, -0.05) is 0 Å². The van der Waals surface area contributed by atoms with Crippen LogP contribution in [0.5, 0.6) is 5.75 Å². The molecular weight excluding hydrogens is 261 g/mol. The van der Waals surface area contributed by atoms with Crippen molar-refractivity contribution >= 4 is 17.9 Å². The second kappa shape index (κ2) is 6.43. The number of nitro groups is 1. The number of nitrogens with zero attached hydrogens (tertiary/aromatic N) is 1. The highest BCUT2D eigenvalue weighted by Crippen LogP contribution is 2.29. The van der Waals surface area contributed by atoms with Gasteiger partial charge in [-0.2, -0.15) is 0 Å². The predicted molar refractivity (Wildman–Crippen MR) is 60.8 cm³/mol. The number of carboxylic acid groups (broad SMARTS) is 1. The standard InChI is InChI=1S/C11H10FNO6/c12-8-3-4-9(13(17)18)7(6-14)11(8)19-5-1-2-10(15)16/h3-4,6H,1-2,5H2,(H,15,16). The molecule has 8 heteroatoms. The fourth-order valence-electron chi connectivity index (χ4n) is 1.38. The van der Waals surface area contributed by atoms with Gasteiger partial charge < -0.3 is 9.84 Å². The van der Waals surface area contributed by atoms with Crippen molar-refractivity contribution in [3.8, 4) is 5.75 Å². The first kappa shape index (κ1) is 14.6. The van der Waals surface area contributed by atoms with Crippen LogP contribution in [0, 0.1) is 15.9 Å². The Morgan fingerprint density at radius 2 is 2.21 bits per heavy atom. The SMILES string of the molecule is O=Cc1c([N+](=O)[O-])ccc(F)c1OCCCC(=O)O. The highest BCUT2D eigenvalue weighted by Gasteiger charge is 2.22. The van der Waals surface area contributed by atoms with Crippen LogP contribution >= 0.6 is 0 Å². The lowest BCUT2D eigenvalue weighted by molar-refractivity contribution is -0.385. The fourth-order valence-corrected chi connectivity index (χ4v) is 1.38. The molecule has 1 N–H and O–H groups in total. The zero-order chi connectivity index (χ0) is 14.4. The van der Waals surface area contributed by atoms with Gasteiger partial charge in [0.15, 0.2) is 17.9 Å². The maximum absolute atomic E-state index is 13.4. The van der Waals surface area contributed by atoms with Gasteiger partial charge in [0.2, 0.25) is 0 Å². The third kappa shape index (κ3) is 3.73. The number of aldehydes is 1. The van der Waals surface area contributed by atoms with Crippen molar-refractivity contribution in [3.63, 3.8) is 0 Å². The molecule has 0 aliphatic heterocycles. The molecule has 1 aromatic rings. The molecule has 0 aliphatic rings. The van der Waals surface area contributed by atoms with E-state index in [-0.39, 0.29) is 25.7 Å². The van der Waals surface area contributed by atoms with Crippen LogP contribution in [0.1, 0.15) is 23.2 Å². The summed E-state index contributed by atoms with van der Waals surface area (Å²) in [5, 5.41) is 19.1. The molecule has 0 amide bonds. The van der Waals surface area contributed by atoms with Gasteiger partial charge in [-0.05, 0) is 12.5 Å². The monoisotopic (exact) mass is 271 g/mol. The molecule has 19 heavy (non-hydrogen) atoms. The van der Waals surface area contributed by atoms with Gasteiger partial charge >= 0.3 is 5.97 Å². The van der Waals surface area contributed by atoms with E-state index in [0.717, 1.165) is 12.1 Å². The maximum atomic E-state index is 13.4. The summed E-state index contributed by atoms with van der Waals surface area (Å²) in [6, 6.07) is 1.68. The summed E-state index contributed by atoms with van der Waals surface area (Å²) >= 11 is 0. The van der Waals surface area contributed by atoms with Crippen molar-refractivity contribution in [2.45, 2.75) is 12.8 Å². The lowest BCUT2D eigenvalue weighted by Crippen LogP contribution is -2.06.